The fourth-order valence-corrected chi connectivity index (χ4v) is 4.18. The summed E-state index contributed by atoms with van der Waals surface area (Å²) in [5.41, 5.74) is 1.14. The van der Waals surface area contributed by atoms with Gasteiger partial charge in [-0.2, -0.15) is 0 Å². The molecule has 1 aliphatic carbocycles. The number of nitrogens with zero attached hydrogens (tertiary/aromatic N) is 2. The van der Waals surface area contributed by atoms with E-state index in [9.17, 15) is 9.59 Å². The highest BCUT2D eigenvalue weighted by atomic mass is 16.2. The number of likely N-dealkylation sites (tertiary alicyclic amines) is 1. The minimum atomic E-state index is -0.118. The summed E-state index contributed by atoms with van der Waals surface area (Å²) in [5, 5.41) is 0. The zero-order valence-electron chi connectivity index (χ0n) is 16.4. The Bertz CT molecular complexity index is 628. The minimum absolute atomic E-state index is 0.0910. The van der Waals surface area contributed by atoms with Gasteiger partial charge in [-0.1, -0.05) is 37.3 Å². The molecule has 1 aromatic carbocycles. The van der Waals surface area contributed by atoms with E-state index in [2.05, 4.69) is 37.8 Å². The van der Waals surface area contributed by atoms with Crippen LogP contribution < -0.4 is 0 Å². The molecule has 0 aromatic heterocycles. The number of rotatable bonds is 6. The van der Waals surface area contributed by atoms with Crippen LogP contribution in [0.2, 0.25) is 0 Å². The van der Waals surface area contributed by atoms with Crippen LogP contribution in [-0.2, 0) is 16.1 Å². The van der Waals surface area contributed by atoms with Gasteiger partial charge in [0.25, 0.3) is 0 Å². The zero-order valence-corrected chi connectivity index (χ0v) is 16.4. The average molecular weight is 357 g/mol. The molecule has 1 aliphatic heterocycles. The first-order chi connectivity index (χ1) is 12.5. The Morgan fingerprint density at radius 1 is 1.15 bits per heavy atom. The van der Waals surface area contributed by atoms with Gasteiger partial charge in [0.1, 0.15) is 0 Å². The quantitative estimate of drug-likeness (QED) is 0.777. The van der Waals surface area contributed by atoms with Crippen LogP contribution >= 0.6 is 0 Å². The Morgan fingerprint density at radius 3 is 2.54 bits per heavy atom. The number of amides is 2. The SMILES string of the molecule is CCC1CCCCN1C(=O)C1CC1C(=O)N(Cc1ccccc1)C(C)C. The highest BCUT2D eigenvalue weighted by Gasteiger charge is 2.51. The number of piperidine rings is 1. The minimum Gasteiger partial charge on any atom is -0.339 e. The van der Waals surface area contributed by atoms with Crippen molar-refractivity contribution in [3.63, 3.8) is 0 Å². The smallest absolute Gasteiger partial charge is 0.227 e. The molecule has 3 unspecified atom stereocenters. The summed E-state index contributed by atoms with van der Waals surface area (Å²) in [5.74, 6) is 0.158. The van der Waals surface area contributed by atoms with Crippen LogP contribution in [0, 0.1) is 11.8 Å². The van der Waals surface area contributed by atoms with Crippen molar-refractivity contribution in [1.29, 1.82) is 0 Å². The molecule has 26 heavy (non-hydrogen) atoms. The lowest BCUT2D eigenvalue weighted by Crippen LogP contribution is -2.45. The standard InChI is InChI=1S/C22H32N2O2/c1-4-18-12-8-9-13-23(18)21(25)19-14-20(19)22(26)24(16(2)3)15-17-10-6-5-7-11-17/h5-7,10-11,16,18-20H,4,8-9,12-15H2,1-3H3. The van der Waals surface area contributed by atoms with Crippen molar-refractivity contribution in [2.24, 2.45) is 11.8 Å². The van der Waals surface area contributed by atoms with Gasteiger partial charge in [-0.25, -0.2) is 0 Å². The third-order valence-electron chi connectivity index (χ3n) is 5.91. The van der Waals surface area contributed by atoms with E-state index in [4.69, 9.17) is 0 Å². The predicted molar refractivity (Wildman–Crippen MR) is 103 cm³/mol. The van der Waals surface area contributed by atoms with Gasteiger partial charge in [-0.15, -0.1) is 0 Å². The van der Waals surface area contributed by atoms with Gasteiger partial charge >= 0.3 is 0 Å². The molecule has 3 rings (SSSR count). The van der Waals surface area contributed by atoms with E-state index in [0.29, 0.717) is 12.6 Å². The second-order valence-corrected chi connectivity index (χ2v) is 8.08. The molecule has 3 atom stereocenters. The maximum Gasteiger partial charge on any atom is 0.227 e. The van der Waals surface area contributed by atoms with Gasteiger partial charge in [0.2, 0.25) is 11.8 Å². The predicted octanol–water partition coefficient (Wildman–Crippen LogP) is 3.85. The summed E-state index contributed by atoms with van der Waals surface area (Å²) < 4.78 is 0. The molecule has 4 heteroatoms. The summed E-state index contributed by atoms with van der Waals surface area (Å²) in [4.78, 5) is 30.0. The number of carbonyl (C=O) groups is 2. The molecule has 2 amide bonds. The average Bonchev–Trinajstić information content (AvgIpc) is 3.46. The van der Waals surface area contributed by atoms with Gasteiger partial charge in [0.05, 0.1) is 11.8 Å². The topological polar surface area (TPSA) is 40.6 Å². The van der Waals surface area contributed by atoms with Crippen molar-refractivity contribution in [3.8, 4) is 0 Å². The lowest BCUT2D eigenvalue weighted by Gasteiger charge is -2.35. The van der Waals surface area contributed by atoms with Crippen molar-refractivity contribution in [2.45, 2.75) is 71.5 Å². The van der Waals surface area contributed by atoms with E-state index < -0.39 is 0 Å². The normalized spacial score (nSPS) is 25.2. The van der Waals surface area contributed by atoms with E-state index in [1.807, 2.05) is 23.1 Å². The van der Waals surface area contributed by atoms with Gasteiger partial charge in [-0.05, 0) is 51.5 Å². The van der Waals surface area contributed by atoms with Crippen LogP contribution in [0.3, 0.4) is 0 Å². The first kappa shape index (κ1) is 18.9. The van der Waals surface area contributed by atoms with E-state index in [1.165, 1.54) is 6.42 Å². The van der Waals surface area contributed by atoms with Gasteiger partial charge in [-0.3, -0.25) is 9.59 Å². The molecule has 2 fully saturated rings. The number of carbonyl (C=O) groups excluding carboxylic acids is 2. The Balaban J connectivity index is 1.63. The van der Waals surface area contributed by atoms with Crippen LogP contribution in [0.5, 0.6) is 0 Å². The van der Waals surface area contributed by atoms with Crippen LogP contribution in [0.25, 0.3) is 0 Å². The molecule has 0 radical (unpaired) electrons. The van der Waals surface area contributed by atoms with Gasteiger partial charge < -0.3 is 9.80 Å². The first-order valence-corrected chi connectivity index (χ1v) is 10.2. The highest BCUT2D eigenvalue weighted by Crippen LogP contribution is 2.43. The third kappa shape index (κ3) is 4.11. The van der Waals surface area contributed by atoms with Crippen molar-refractivity contribution >= 4 is 11.8 Å². The van der Waals surface area contributed by atoms with Crippen molar-refractivity contribution in [1.82, 2.24) is 9.80 Å². The third-order valence-corrected chi connectivity index (χ3v) is 5.91. The van der Waals surface area contributed by atoms with E-state index in [0.717, 1.165) is 37.8 Å². The molecule has 2 aliphatic rings. The highest BCUT2D eigenvalue weighted by molar-refractivity contribution is 5.92. The summed E-state index contributed by atoms with van der Waals surface area (Å²) >= 11 is 0. The maximum absolute atomic E-state index is 13.1. The molecule has 1 saturated heterocycles. The lowest BCUT2D eigenvalue weighted by molar-refractivity contribution is -0.141. The Morgan fingerprint density at radius 2 is 1.88 bits per heavy atom. The second kappa shape index (κ2) is 8.24. The summed E-state index contributed by atoms with van der Waals surface area (Å²) in [7, 11) is 0. The maximum atomic E-state index is 13.1. The van der Waals surface area contributed by atoms with E-state index in [1.54, 1.807) is 0 Å². The number of hydrogen-bond acceptors (Lipinski definition) is 2. The number of benzene rings is 1. The van der Waals surface area contributed by atoms with Crippen molar-refractivity contribution < 1.29 is 9.59 Å². The fourth-order valence-electron chi connectivity index (χ4n) is 4.18. The largest absolute Gasteiger partial charge is 0.339 e. The van der Waals surface area contributed by atoms with Crippen LogP contribution in [-0.4, -0.2) is 40.2 Å². The van der Waals surface area contributed by atoms with Crippen molar-refractivity contribution in [2.75, 3.05) is 6.54 Å². The molecule has 1 saturated carbocycles. The monoisotopic (exact) mass is 356 g/mol. The first-order valence-electron chi connectivity index (χ1n) is 10.2. The molecule has 0 spiro atoms. The molecule has 0 bridgehead atoms. The zero-order chi connectivity index (χ0) is 18.7. The second-order valence-electron chi connectivity index (χ2n) is 8.08. The molecule has 0 N–H and O–H groups in total. The Hall–Kier alpha value is -1.84. The molecular weight excluding hydrogens is 324 g/mol. The van der Waals surface area contributed by atoms with Crippen LogP contribution in [0.15, 0.2) is 30.3 Å². The van der Waals surface area contributed by atoms with Gasteiger partial charge in [0, 0.05) is 25.2 Å². The van der Waals surface area contributed by atoms with Crippen LogP contribution in [0.1, 0.15) is 58.4 Å². The summed E-state index contributed by atoms with van der Waals surface area (Å²) in [6.07, 6.45) is 5.17. The summed E-state index contributed by atoms with van der Waals surface area (Å²) in [6.45, 7) is 7.75. The molecule has 142 valence electrons. The molecule has 1 heterocycles. The Labute approximate surface area is 157 Å². The molecule has 1 aromatic rings. The Kier molecular flexibility index (Phi) is 6.00. The fraction of sp³-hybridized carbons (Fsp3) is 0.636. The van der Waals surface area contributed by atoms with Gasteiger partial charge in [0.15, 0.2) is 0 Å². The molecule has 4 nitrogen and oxygen atoms in total. The lowest BCUT2D eigenvalue weighted by atomic mass is 9.99. The van der Waals surface area contributed by atoms with Crippen LogP contribution in [0.4, 0.5) is 0 Å². The number of hydrogen-bond donors (Lipinski definition) is 0. The molecular formula is C22H32N2O2. The van der Waals surface area contributed by atoms with E-state index >= 15 is 0 Å². The van der Waals surface area contributed by atoms with Crippen molar-refractivity contribution in [3.05, 3.63) is 35.9 Å². The van der Waals surface area contributed by atoms with E-state index in [-0.39, 0.29) is 29.7 Å². The summed E-state index contributed by atoms with van der Waals surface area (Å²) in [6, 6.07) is 10.6.